The van der Waals surface area contributed by atoms with Gasteiger partial charge >= 0.3 is 0 Å². The first kappa shape index (κ1) is 24.0. The van der Waals surface area contributed by atoms with E-state index in [9.17, 15) is 4.79 Å². The minimum atomic E-state index is -0.0265. The van der Waals surface area contributed by atoms with Crippen molar-refractivity contribution >= 4 is 10.9 Å². The molecule has 5 rings (SSSR count). The molecule has 0 spiro atoms. The van der Waals surface area contributed by atoms with Gasteiger partial charge < -0.3 is 9.72 Å². The Bertz CT molecular complexity index is 1190. The standard InChI is InChI=1S/C27H38N6O2/c1-18(2)25(26-29-30-31-33(26)22-11-7-8-12-22)32(21-9-5-4-6-10-21)17-20-15-19-16-23(35-3)13-14-24(19)28-27(20)34/h13-16,18,21-22,25H,4-12,17H2,1-3H3,(H,28,34)/t25-/m1/s1. The first-order valence-electron chi connectivity index (χ1n) is 13.3. The van der Waals surface area contributed by atoms with E-state index in [-0.39, 0.29) is 11.6 Å². The van der Waals surface area contributed by atoms with Crippen molar-refractivity contribution in [1.82, 2.24) is 30.1 Å². The van der Waals surface area contributed by atoms with E-state index in [4.69, 9.17) is 4.74 Å². The highest BCUT2D eigenvalue weighted by Crippen LogP contribution is 2.38. The van der Waals surface area contributed by atoms with E-state index in [1.54, 1.807) is 7.11 Å². The van der Waals surface area contributed by atoms with Crippen molar-refractivity contribution in [2.45, 2.75) is 96.3 Å². The molecule has 0 saturated heterocycles. The largest absolute Gasteiger partial charge is 0.497 e. The Hall–Kier alpha value is -2.74. The molecule has 0 bridgehead atoms. The molecule has 2 fully saturated rings. The molecule has 0 unspecified atom stereocenters. The number of nitrogens with zero attached hydrogens (tertiary/aromatic N) is 5. The average Bonchev–Trinajstić information content (AvgIpc) is 3.56. The van der Waals surface area contributed by atoms with Gasteiger partial charge in [0.05, 0.1) is 19.2 Å². The molecule has 1 N–H and O–H groups in total. The predicted octanol–water partition coefficient (Wildman–Crippen LogP) is 5.17. The molecule has 0 radical (unpaired) electrons. The molecule has 2 aromatic heterocycles. The number of pyridine rings is 1. The summed E-state index contributed by atoms with van der Waals surface area (Å²) in [6.45, 7) is 5.08. The zero-order chi connectivity index (χ0) is 24.4. The van der Waals surface area contributed by atoms with E-state index in [1.165, 1.54) is 32.1 Å². The van der Waals surface area contributed by atoms with Crippen molar-refractivity contribution in [2.75, 3.05) is 7.11 Å². The fourth-order valence-electron chi connectivity index (χ4n) is 6.17. The number of ether oxygens (including phenoxy) is 1. The minimum Gasteiger partial charge on any atom is -0.497 e. The number of hydrogen-bond donors (Lipinski definition) is 1. The summed E-state index contributed by atoms with van der Waals surface area (Å²) in [7, 11) is 1.67. The predicted molar refractivity (Wildman–Crippen MR) is 136 cm³/mol. The van der Waals surface area contributed by atoms with Gasteiger partial charge in [-0.3, -0.25) is 9.69 Å². The van der Waals surface area contributed by atoms with Crippen LogP contribution < -0.4 is 10.3 Å². The lowest BCUT2D eigenvalue weighted by Gasteiger charge is -2.41. The monoisotopic (exact) mass is 478 g/mol. The fourth-order valence-corrected chi connectivity index (χ4v) is 6.17. The van der Waals surface area contributed by atoms with Crippen LogP contribution in [-0.4, -0.2) is 43.2 Å². The third-order valence-corrected chi connectivity index (χ3v) is 7.97. The van der Waals surface area contributed by atoms with Gasteiger partial charge in [0.2, 0.25) is 0 Å². The van der Waals surface area contributed by atoms with Crippen LogP contribution in [0.2, 0.25) is 0 Å². The quantitative estimate of drug-likeness (QED) is 0.480. The molecule has 3 aromatic rings. The highest BCUT2D eigenvalue weighted by molar-refractivity contribution is 5.80. The Balaban J connectivity index is 1.55. The normalized spacial score (nSPS) is 18.7. The minimum absolute atomic E-state index is 0.0265. The van der Waals surface area contributed by atoms with Gasteiger partial charge in [0, 0.05) is 29.1 Å². The average molecular weight is 479 g/mol. The maximum atomic E-state index is 13.2. The third-order valence-electron chi connectivity index (χ3n) is 7.97. The van der Waals surface area contributed by atoms with Crippen molar-refractivity contribution in [2.24, 2.45) is 5.92 Å². The first-order chi connectivity index (χ1) is 17.0. The number of hydrogen-bond acceptors (Lipinski definition) is 6. The Labute approximate surface area is 207 Å². The number of aromatic nitrogens is 5. The SMILES string of the molecule is COc1ccc2[nH]c(=O)c(CN(C3CCCCC3)[C@@H](c3nnnn3C3CCCC3)C(C)C)cc2c1. The number of tetrazole rings is 1. The summed E-state index contributed by atoms with van der Waals surface area (Å²) in [5.74, 6) is 2.05. The van der Waals surface area contributed by atoms with Crippen LogP contribution >= 0.6 is 0 Å². The molecular formula is C27H38N6O2. The van der Waals surface area contributed by atoms with Gasteiger partial charge in [0.15, 0.2) is 5.82 Å². The molecule has 2 aliphatic rings. The highest BCUT2D eigenvalue weighted by Gasteiger charge is 2.36. The summed E-state index contributed by atoms with van der Waals surface area (Å²) < 4.78 is 7.52. The number of rotatable bonds is 8. The van der Waals surface area contributed by atoms with E-state index in [1.807, 2.05) is 24.3 Å². The van der Waals surface area contributed by atoms with Crippen LogP contribution in [0, 0.1) is 5.92 Å². The van der Waals surface area contributed by atoms with Gasteiger partial charge in [-0.2, -0.15) is 0 Å². The summed E-state index contributed by atoms with van der Waals surface area (Å²) in [6, 6.07) is 8.64. The zero-order valence-electron chi connectivity index (χ0n) is 21.2. The molecule has 2 heterocycles. The van der Waals surface area contributed by atoms with Gasteiger partial charge in [0.1, 0.15) is 5.75 Å². The van der Waals surface area contributed by atoms with Crippen LogP contribution in [-0.2, 0) is 6.54 Å². The van der Waals surface area contributed by atoms with E-state index < -0.39 is 0 Å². The Morgan fingerprint density at radius 2 is 1.83 bits per heavy atom. The van der Waals surface area contributed by atoms with Gasteiger partial charge in [-0.15, -0.1) is 5.10 Å². The van der Waals surface area contributed by atoms with Gasteiger partial charge in [-0.1, -0.05) is 46.0 Å². The van der Waals surface area contributed by atoms with Crippen LogP contribution in [0.5, 0.6) is 5.75 Å². The maximum absolute atomic E-state index is 13.2. The van der Waals surface area contributed by atoms with Gasteiger partial charge in [-0.05, 0) is 66.3 Å². The van der Waals surface area contributed by atoms with Crippen molar-refractivity contribution in [1.29, 1.82) is 0 Å². The van der Waals surface area contributed by atoms with Crippen molar-refractivity contribution in [3.63, 3.8) is 0 Å². The zero-order valence-corrected chi connectivity index (χ0v) is 21.2. The Morgan fingerprint density at radius 1 is 1.09 bits per heavy atom. The van der Waals surface area contributed by atoms with E-state index >= 15 is 0 Å². The molecule has 0 aliphatic heterocycles. The number of H-pyrrole nitrogens is 1. The molecular weight excluding hydrogens is 440 g/mol. The molecule has 2 aliphatic carbocycles. The molecule has 35 heavy (non-hydrogen) atoms. The van der Waals surface area contributed by atoms with Crippen molar-refractivity contribution in [3.05, 3.63) is 46.0 Å². The molecule has 8 nitrogen and oxygen atoms in total. The summed E-state index contributed by atoms with van der Waals surface area (Å²) in [5.41, 5.74) is 1.58. The summed E-state index contributed by atoms with van der Waals surface area (Å²) in [5, 5.41) is 14.2. The number of fused-ring (bicyclic) bond motifs is 1. The lowest BCUT2D eigenvalue weighted by atomic mass is 9.90. The van der Waals surface area contributed by atoms with Gasteiger partial charge in [-0.25, -0.2) is 4.68 Å². The molecule has 0 amide bonds. The number of benzene rings is 1. The highest BCUT2D eigenvalue weighted by atomic mass is 16.5. The number of methoxy groups -OCH3 is 1. The topological polar surface area (TPSA) is 88.9 Å². The Morgan fingerprint density at radius 3 is 2.54 bits per heavy atom. The second-order valence-corrected chi connectivity index (χ2v) is 10.6. The van der Waals surface area contributed by atoms with Crippen LogP contribution in [0.25, 0.3) is 10.9 Å². The second kappa shape index (κ2) is 10.5. The summed E-state index contributed by atoms with van der Waals surface area (Å²) >= 11 is 0. The summed E-state index contributed by atoms with van der Waals surface area (Å²) in [6.07, 6.45) is 10.8. The van der Waals surface area contributed by atoms with E-state index in [2.05, 4.69) is 43.9 Å². The van der Waals surface area contributed by atoms with E-state index in [0.29, 0.717) is 24.5 Å². The molecule has 8 heteroatoms. The van der Waals surface area contributed by atoms with Gasteiger partial charge in [0.25, 0.3) is 5.56 Å². The first-order valence-corrected chi connectivity index (χ1v) is 13.3. The van der Waals surface area contributed by atoms with Crippen molar-refractivity contribution in [3.8, 4) is 5.75 Å². The lowest BCUT2D eigenvalue weighted by Crippen LogP contribution is -2.43. The number of nitrogens with one attached hydrogen (secondary N) is 1. The second-order valence-electron chi connectivity index (χ2n) is 10.6. The van der Waals surface area contributed by atoms with Crippen LogP contribution in [0.3, 0.4) is 0 Å². The van der Waals surface area contributed by atoms with Crippen molar-refractivity contribution < 1.29 is 4.74 Å². The Kier molecular flexibility index (Phi) is 7.18. The van der Waals surface area contributed by atoms with Crippen LogP contribution in [0.4, 0.5) is 0 Å². The summed E-state index contributed by atoms with van der Waals surface area (Å²) in [4.78, 5) is 18.8. The van der Waals surface area contributed by atoms with Crippen LogP contribution in [0.15, 0.2) is 29.1 Å². The molecule has 2 saturated carbocycles. The van der Waals surface area contributed by atoms with E-state index in [0.717, 1.165) is 53.7 Å². The molecule has 1 atom stereocenters. The number of aromatic amines is 1. The molecule has 188 valence electrons. The van der Waals surface area contributed by atoms with Crippen LogP contribution in [0.1, 0.15) is 95.1 Å². The smallest absolute Gasteiger partial charge is 0.252 e. The third kappa shape index (κ3) is 4.99. The fraction of sp³-hybridized carbons (Fsp3) is 0.630. The maximum Gasteiger partial charge on any atom is 0.252 e. The lowest BCUT2D eigenvalue weighted by molar-refractivity contribution is 0.0598. The molecule has 1 aromatic carbocycles.